The summed E-state index contributed by atoms with van der Waals surface area (Å²) in [4.78, 5) is 13.2. The van der Waals surface area contributed by atoms with Gasteiger partial charge in [-0.1, -0.05) is 13.3 Å². The molecule has 0 bridgehead atoms. The predicted octanol–water partition coefficient (Wildman–Crippen LogP) is 1.97. The Bertz CT molecular complexity index is 236. The molecule has 86 valence electrons. The van der Waals surface area contributed by atoms with Gasteiger partial charge in [0.2, 0.25) is 0 Å². The number of aliphatic carboxylic acids is 1. The van der Waals surface area contributed by atoms with Gasteiger partial charge in [0, 0.05) is 25.6 Å². The van der Waals surface area contributed by atoms with Crippen molar-refractivity contribution in [3.8, 4) is 0 Å². The summed E-state index contributed by atoms with van der Waals surface area (Å²) in [5.41, 5.74) is 0. The average molecular weight is 211 g/mol. The van der Waals surface area contributed by atoms with Gasteiger partial charge in [-0.2, -0.15) is 0 Å². The first-order chi connectivity index (χ1) is 7.15. The fourth-order valence-electron chi connectivity index (χ4n) is 3.07. The van der Waals surface area contributed by atoms with E-state index in [4.69, 9.17) is 5.11 Å². The zero-order chi connectivity index (χ0) is 10.8. The molecule has 1 heterocycles. The van der Waals surface area contributed by atoms with Crippen LogP contribution in [-0.2, 0) is 4.79 Å². The Balaban J connectivity index is 1.79. The van der Waals surface area contributed by atoms with Crippen molar-refractivity contribution in [2.24, 2.45) is 11.8 Å². The van der Waals surface area contributed by atoms with Crippen molar-refractivity contribution in [1.29, 1.82) is 0 Å². The summed E-state index contributed by atoms with van der Waals surface area (Å²) in [5, 5.41) is 8.79. The molecule has 3 heteroatoms. The lowest BCUT2D eigenvalue weighted by atomic mass is 9.81. The SMILES string of the molecule is CC1CN(C2CCCC(CC(=O)O)C2)C1. The zero-order valence-corrected chi connectivity index (χ0v) is 9.48. The lowest BCUT2D eigenvalue weighted by Gasteiger charge is -2.46. The van der Waals surface area contributed by atoms with Gasteiger partial charge in [0.05, 0.1) is 0 Å². The summed E-state index contributed by atoms with van der Waals surface area (Å²) in [5.74, 6) is 0.652. The normalized spacial score (nSPS) is 33.7. The van der Waals surface area contributed by atoms with Crippen LogP contribution >= 0.6 is 0 Å². The third-order valence-electron chi connectivity index (χ3n) is 3.83. The molecule has 2 fully saturated rings. The van der Waals surface area contributed by atoms with E-state index in [1.807, 2.05) is 0 Å². The van der Waals surface area contributed by atoms with E-state index in [2.05, 4.69) is 11.8 Å². The molecule has 2 unspecified atom stereocenters. The van der Waals surface area contributed by atoms with Crippen LogP contribution in [0.3, 0.4) is 0 Å². The number of likely N-dealkylation sites (tertiary alicyclic amines) is 1. The number of hydrogen-bond donors (Lipinski definition) is 1. The molecule has 1 saturated carbocycles. The average Bonchev–Trinajstić information content (AvgIpc) is 2.12. The standard InChI is InChI=1S/C12H21NO2/c1-9-7-13(8-9)11-4-2-3-10(5-11)6-12(14)15/h9-11H,2-8H2,1H3,(H,14,15). The monoisotopic (exact) mass is 211 g/mol. The number of carbonyl (C=O) groups is 1. The van der Waals surface area contributed by atoms with Crippen molar-refractivity contribution >= 4 is 5.97 Å². The van der Waals surface area contributed by atoms with Crippen molar-refractivity contribution in [2.45, 2.75) is 45.1 Å². The first kappa shape index (κ1) is 10.9. The Kier molecular flexibility index (Phi) is 3.29. The molecule has 3 nitrogen and oxygen atoms in total. The maximum absolute atomic E-state index is 10.7. The summed E-state index contributed by atoms with van der Waals surface area (Å²) in [6, 6.07) is 0.680. The number of hydrogen-bond acceptors (Lipinski definition) is 2. The fraction of sp³-hybridized carbons (Fsp3) is 0.917. The van der Waals surface area contributed by atoms with Crippen LogP contribution in [-0.4, -0.2) is 35.1 Å². The molecule has 1 aliphatic heterocycles. The van der Waals surface area contributed by atoms with Crippen LogP contribution in [0.25, 0.3) is 0 Å². The molecular formula is C12H21NO2. The molecule has 15 heavy (non-hydrogen) atoms. The molecule has 0 aromatic heterocycles. The summed E-state index contributed by atoms with van der Waals surface area (Å²) < 4.78 is 0. The quantitative estimate of drug-likeness (QED) is 0.776. The Morgan fingerprint density at radius 3 is 2.73 bits per heavy atom. The van der Waals surface area contributed by atoms with E-state index in [0.717, 1.165) is 18.8 Å². The van der Waals surface area contributed by atoms with E-state index in [1.165, 1.54) is 25.9 Å². The van der Waals surface area contributed by atoms with E-state index < -0.39 is 5.97 Å². The lowest BCUT2D eigenvalue weighted by molar-refractivity contribution is -0.138. The molecule has 0 aromatic carbocycles. The van der Waals surface area contributed by atoms with Crippen LogP contribution < -0.4 is 0 Å². The van der Waals surface area contributed by atoms with E-state index in [0.29, 0.717) is 18.4 Å². The molecule has 0 radical (unpaired) electrons. The summed E-state index contributed by atoms with van der Waals surface area (Å²) in [6.45, 7) is 4.74. The molecule has 1 aliphatic carbocycles. The Labute approximate surface area is 91.5 Å². The molecule has 0 spiro atoms. The molecule has 1 N–H and O–H groups in total. The van der Waals surface area contributed by atoms with Crippen LogP contribution in [0, 0.1) is 11.8 Å². The first-order valence-electron chi connectivity index (χ1n) is 6.11. The third-order valence-corrected chi connectivity index (χ3v) is 3.83. The van der Waals surface area contributed by atoms with Crippen LogP contribution in [0.15, 0.2) is 0 Å². The van der Waals surface area contributed by atoms with Gasteiger partial charge < -0.3 is 5.11 Å². The highest BCUT2D eigenvalue weighted by Crippen LogP contribution is 2.33. The summed E-state index contributed by atoms with van der Waals surface area (Å²) >= 11 is 0. The van der Waals surface area contributed by atoms with Crippen molar-refractivity contribution in [3.63, 3.8) is 0 Å². The minimum absolute atomic E-state index is 0.375. The number of nitrogens with zero attached hydrogens (tertiary/aromatic N) is 1. The summed E-state index contributed by atoms with van der Waals surface area (Å²) in [6.07, 6.45) is 5.10. The van der Waals surface area contributed by atoms with Crippen LogP contribution in [0.4, 0.5) is 0 Å². The second kappa shape index (κ2) is 4.52. The molecule has 2 atom stereocenters. The topological polar surface area (TPSA) is 40.5 Å². The largest absolute Gasteiger partial charge is 0.481 e. The number of carboxylic acid groups (broad SMARTS) is 1. The van der Waals surface area contributed by atoms with E-state index in [1.54, 1.807) is 0 Å². The number of rotatable bonds is 3. The third kappa shape index (κ3) is 2.71. The van der Waals surface area contributed by atoms with Gasteiger partial charge in [0.25, 0.3) is 0 Å². The maximum Gasteiger partial charge on any atom is 0.303 e. The second-order valence-corrected chi connectivity index (χ2v) is 5.34. The molecule has 0 aromatic rings. The van der Waals surface area contributed by atoms with Crippen molar-refractivity contribution in [1.82, 2.24) is 4.90 Å². The van der Waals surface area contributed by atoms with Gasteiger partial charge in [-0.15, -0.1) is 0 Å². The zero-order valence-electron chi connectivity index (χ0n) is 9.48. The van der Waals surface area contributed by atoms with Crippen molar-refractivity contribution in [3.05, 3.63) is 0 Å². The van der Waals surface area contributed by atoms with Crippen LogP contribution in [0.2, 0.25) is 0 Å². The van der Waals surface area contributed by atoms with E-state index >= 15 is 0 Å². The highest BCUT2D eigenvalue weighted by atomic mass is 16.4. The smallest absolute Gasteiger partial charge is 0.303 e. The summed E-state index contributed by atoms with van der Waals surface area (Å²) in [7, 11) is 0. The molecule has 2 rings (SSSR count). The van der Waals surface area contributed by atoms with Crippen molar-refractivity contribution in [2.75, 3.05) is 13.1 Å². The lowest BCUT2D eigenvalue weighted by Crippen LogP contribution is -2.52. The van der Waals surface area contributed by atoms with E-state index in [9.17, 15) is 4.79 Å². The van der Waals surface area contributed by atoms with E-state index in [-0.39, 0.29) is 0 Å². The minimum atomic E-state index is -0.627. The molecule has 2 aliphatic rings. The van der Waals surface area contributed by atoms with Crippen molar-refractivity contribution < 1.29 is 9.90 Å². The van der Waals surface area contributed by atoms with Gasteiger partial charge in [-0.05, 0) is 31.1 Å². The van der Waals surface area contributed by atoms with Gasteiger partial charge in [0.1, 0.15) is 0 Å². The highest BCUT2D eigenvalue weighted by Gasteiger charge is 2.33. The number of carboxylic acids is 1. The molecule has 0 amide bonds. The fourth-order valence-corrected chi connectivity index (χ4v) is 3.07. The van der Waals surface area contributed by atoms with Crippen LogP contribution in [0.5, 0.6) is 0 Å². The second-order valence-electron chi connectivity index (χ2n) is 5.34. The van der Waals surface area contributed by atoms with Gasteiger partial charge >= 0.3 is 5.97 Å². The predicted molar refractivity (Wildman–Crippen MR) is 58.7 cm³/mol. The first-order valence-corrected chi connectivity index (χ1v) is 6.11. The minimum Gasteiger partial charge on any atom is -0.481 e. The van der Waals surface area contributed by atoms with Gasteiger partial charge in [-0.3, -0.25) is 9.69 Å². The van der Waals surface area contributed by atoms with Gasteiger partial charge in [0.15, 0.2) is 0 Å². The van der Waals surface area contributed by atoms with Gasteiger partial charge in [-0.25, -0.2) is 0 Å². The highest BCUT2D eigenvalue weighted by molar-refractivity contribution is 5.67. The molecular weight excluding hydrogens is 190 g/mol. The van der Waals surface area contributed by atoms with Crippen LogP contribution in [0.1, 0.15) is 39.0 Å². The Morgan fingerprint density at radius 2 is 2.13 bits per heavy atom. The Hall–Kier alpha value is -0.570. The molecule has 1 saturated heterocycles. The Morgan fingerprint density at radius 1 is 1.40 bits per heavy atom. The maximum atomic E-state index is 10.7.